The van der Waals surface area contributed by atoms with Crippen molar-refractivity contribution in [1.82, 2.24) is 14.8 Å². The molecule has 0 saturated heterocycles. The minimum absolute atomic E-state index is 0.283. The zero-order valence-corrected chi connectivity index (χ0v) is 20.3. The maximum atomic E-state index is 13.0. The maximum absolute atomic E-state index is 13.0. The average molecular weight is 481 g/mol. The first-order valence-corrected chi connectivity index (χ1v) is 12.1. The normalized spacial score (nSPS) is 10.8. The van der Waals surface area contributed by atoms with Crippen LogP contribution in [0.2, 0.25) is 0 Å². The van der Waals surface area contributed by atoms with Crippen LogP contribution >= 0.6 is 11.3 Å². The molecular formula is C28H24N4O2S. The summed E-state index contributed by atoms with van der Waals surface area (Å²) in [5.74, 6) is -0.407. The van der Waals surface area contributed by atoms with Crippen molar-refractivity contribution >= 4 is 28.1 Å². The highest BCUT2D eigenvalue weighted by Crippen LogP contribution is 2.42. The van der Waals surface area contributed by atoms with Gasteiger partial charge in [-0.15, -0.1) is 0 Å². The molecule has 0 atom stereocenters. The van der Waals surface area contributed by atoms with Gasteiger partial charge in [0.25, 0.3) is 0 Å². The number of thiazole rings is 1. The third kappa shape index (κ3) is 4.58. The number of benzene rings is 3. The van der Waals surface area contributed by atoms with E-state index in [-0.39, 0.29) is 6.61 Å². The molecule has 0 saturated carbocycles. The predicted molar refractivity (Wildman–Crippen MR) is 141 cm³/mol. The fourth-order valence-electron chi connectivity index (χ4n) is 3.78. The standard InChI is InChI=1S/C28H24N4O2S/c1-3-34-27(33)23-19-32(22-17-11-6-12-18-22)30-25(23)26-24(20-13-7-4-8-14-20)29-28(35-26)31(2)21-15-9-5-10-16-21/h4-19H,3H2,1-2H3. The van der Waals surface area contributed by atoms with E-state index in [9.17, 15) is 4.79 Å². The van der Waals surface area contributed by atoms with Crippen molar-refractivity contribution in [3.8, 4) is 27.5 Å². The Morgan fingerprint density at radius 2 is 1.54 bits per heavy atom. The molecule has 2 aromatic heterocycles. The number of hydrogen-bond acceptors (Lipinski definition) is 6. The molecular weight excluding hydrogens is 456 g/mol. The molecule has 0 radical (unpaired) electrons. The van der Waals surface area contributed by atoms with Gasteiger partial charge >= 0.3 is 5.97 Å². The van der Waals surface area contributed by atoms with Crippen LogP contribution in [0, 0.1) is 0 Å². The van der Waals surface area contributed by atoms with Crippen LogP contribution in [-0.4, -0.2) is 34.4 Å². The second-order valence-corrected chi connectivity index (χ2v) is 8.80. The molecule has 5 rings (SSSR count). The molecule has 35 heavy (non-hydrogen) atoms. The number of nitrogens with zero attached hydrogens (tertiary/aromatic N) is 4. The van der Waals surface area contributed by atoms with Gasteiger partial charge in [0.15, 0.2) is 5.13 Å². The van der Waals surface area contributed by atoms with Gasteiger partial charge in [0.05, 0.1) is 22.9 Å². The number of carbonyl (C=O) groups is 1. The molecule has 7 heteroatoms. The molecule has 6 nitrogen and oxygen atoms in total. The van der Waals surface area contributed by atoms with E-state index in [0.29, 0.717) is 11.3 Å². The number of hydrogen-bond donors (Lipinski definition) is 0. The summed E-state index contributed by atoms with van der Waals surface area (Å²) in [6.45, 7) is 2.08. The van der Waals surface area contributed by atoms with Gasteiger partial charge in [-0.25, -0.2) is 14.5 Å². The summed E-state index contributed by atoms with van der Waals surface area (Å²) in [6.07, 6.45) is 1.73. The van der Waals surface area contributed by atoms with Crippen LogP contribution in [0.25, 0.3) is 27.5 Å². The van der Waals surface area contributed by atoms with E-state index in [2.05, 4.69) is 0 Å². The van der Waals surface area contributed by atoms with E-state index in [1.165, 1.54) is 11.3 Å². The van der Waals surface area contributed by atoms with Gasteiger partial charge in [0.2, 0.25) is 0 Å². The number of anilines is 2. The highest BCUT2D eigenvalue weighted by atomic mass is 32.1. The van der Waals surface area contributed by atoms with E-state index < -0.39 is 5.97 Å². The van der Waals surface area contributed by atoms with Crippen molar-refractivity contribution in [2.24, 2.45) is 0 Å². The van der Waals surface area contributed by atoms with Crippen molar-refractivity contribution in [2.75, 3.05) is 18.6 Å². The SMILES string of the molecule is CCOC(=O)c1cn(-c2ccccc2)nc1-c1sc(N(C)c2ccccc2)nc1-c1ccccc1. The second-order valence-electron chi connectivity index (χ2n) is 7.83. The lowest BCUT2D eigenvalue weighted by Crippen LogP contribution is -2.08. The van der Waals surface area contributed by atoms with E-state index in [1.807, 2.05) is 103 Å². The summed E-state index contributed by atoms with van der Waals surface area (Å²) in [5.41, 5.74) is 4.57. The number of carbonyl (C=O) groups excluding carboxylic acids is 1. The highest BCUT2D eigenvalue weighted by Gasteiger charge is 2.26. The summed E-state index contributed by atoms with van der Waals surface area (Å²) in [7, 11) is 1.99. The molecule has 0 aliphatic heterocycles. The molecule has 2 heterocycles. The molecule has 174 valence electrons. The fourth-order valence-corrected chi connectivity index (χ4v) is 4.85. The van der Waals surface area contributed by atoms with E-state index in [1.54, 1.807) is 17.8 Å². The number of aromatic nitrogens is 3. The number of esters is 1. The summed E-state index contributed by atoms with van der Waals surface area (Å²) in [6, 6.07) is 29.8. The lowest BCUT2D eigenvalue weighted by molar-refractivity contribution is 0.0527. The van der Waals surface area contributed by atoms with Crippen molar-refractivity contribution in [3.05, 3.63) is 103 Å². The zero-order chi connectivity index (χ0) is 24.2. The molecule has 0 N–H and O–H groups in total. The Bertz CT molecular complexity index is 1430. The molecule has 5 aromatic rings. The summed E-state index contributed by atoms with van der Waals surface area (Å²) in [4.78, 5) is 20.8. The fraction of sp³-hybridized carbons (Fsp3) is 0.107. The smallest absolute Gasteiger partial charge is 0.342 e. The van der Waals surface area contributed by atoms with Crippen molar-refractivity contribution in [1.29, 1.82) is 0 Å². The minimum Gasteiger partial charge on any atom is -0.462 e. The zero-order valence-electron chi connectivity index (χ0n) is 19.5. The first-order valence-electron chi connectivity index (χ1n) is 11.3. The van der Waals surface area contributed by atoms with E-state index >= 15 is 0 Å². The molecule has 0 bridgehead atoms. The lowest BCUT2D eigenvalue weighted by atomic mass is 10.1. The average Bonchev–Trinajstić information content (AvgIpc) is 3.55. The maximum Gasteiger partial charge on any atom is 0.342 e. The van der Waals surface area contributed by atoms with E-state index in [4.69, 9.17) is 14.8 Å². The largest absolute Gasteiger partial charge is 0.462 e. The van der Waals surface area contributed by atoms with Crippen molar-refractivity contribution in [2.45, 2.75) is 6.92 Å². The summed E-state index contributed by atoms with van der Waals surface area (Å²) < 4.78 is 7.11. The Morgan fingerprint density at radius 3 is 2.20 bits per heavy atom. The van der Waals surface area contributed by atoms with Crippen LogP contribution < -0.4 is 4.90 Å². The van der Waals surface area contributed by atoms with Crippen LogP contribution in [0.3, 0.4) is 0 Å². The number of rotatable bonds is 7. The quantitative estimate of drug-likeness (QED) is 0.245. The monoisotopic (exact) mass is 480 g/mol. The van der Waals surface area contributed by atoms with Gasteiger partial charge in [-0.2, -0.15) is 5.10 Å². The Kier molecular flexibility index (Phi) is 6.41. The second kappa shape index (κ2) is 9.95. The van der Waals surface area contributed by atoms with Crippen molar-refractivity contribution < 1.29 is 9.53 Å². The highest BCUT2D eigenvalue weighted by molar-refractivity contribution is 7.19. The van der Waals surface area contributed by atoms with Gasteiger partial charge in [0.1, 0.15) is 11.3 Å². The third-order valence-electron chi connectivity index (χ3n) is 5.54. The Morgan fingerprint density at radius 1 is 0.914 bits per heavy atom. The van der Waals surface area contributed by atoms with Crippen LogP contribution in [0.15, 0.2) is 97.2 Å². The molecule has 0 spiro atoms. The topological polar surface area (TPSA) is 60.3 Å². The first kappa shape index (κ1) is 22.6. The van der Waals surface area contributed by atoms with Gasteiger partial charge in [0, 0.05) is 24.5 Å². The van der Waals surface area contributed by atoms with Gasteiger partial charge in [-0.05, 0) is 31.2 Å². The Hall–Kier alpha value is -4.23. The van der Waals surface area contributed by atoms with Crippen LogP contribution in [0.1, 0.15) is 17.3 Å². The minimum atomic E-state index is -0.407. The van der Waals surface area contributed by atoms with Crippen LogP contribution in [-0.2, 0) is 4.74 Å². The van der Waals surface area contributed by atoms with Crippen LogP contribution in [0.5, 0.6) is 0 Å². The van der Waals surface area contributed by atoms with Gasteiger partial charge < -0.3 is 9.64 Å². The number of ether oxygens (including phenoxy) is 1. The van der Waals surface area contributed by atoms with Crippen LogP contribution in [0.4, 0.5) is 10.8 Å². The molecule has 0 fully saturated rings. The molecule has 0 aliphatic rings. The predicted octanol–water partition coefficient (Wildman–Crippen LogP) is 6.61. The number of para-hydroxylation sites is 2. The van der Waals surface area contributed by atoms with E-state index in [0.717, 1.165) is 32.6 Å². The summed E-state index contributed by atoms with van der Waals surface area (Å²) in [5, 5.41) is 5.65. The van der Waals surface area contributed by atoms with Gasteiger partial charge in [-0.3, -0.25) is 0 Å². The van der Waals surface area contributed by atoms with Gasteiger partial charge in [-0.1, -0.05) is 78.1 Å². The Balaban J connectivity index is 1.70. The molecule has 0 unspecified atom stereocenters. The Labute approximate surface area is 208 Å². The van der Waals surface area contributed by atoms with Crippen molar-refractivity contribution in [3.63, 3.8) is 0 Å². The first-order chi connectivity index (χ1) is 17.2. The third-order valence-corrected chi connectivity index (χ3v) is 6.68. The summed E-state index contributed by atoms with van der Waals surface area (Å²) >= 11 is 1.50. The molecule has 0 aliphatic carbocycles. The lowest BCUT2D eigenvalue weighted by Gasteiger charge is -2.15. The molecule has 3 aromatic carbocycles. The molecule has 0 amide bonds.